The average Bonchev–Trinajstić information content (AvgIpc) is 3.22. The van der Waals surface area contributed by atoms with Crippen LogP contribution in [0.4, 0.5) is 0 Å². The van der Waals surface area contributed by atoms with Crippen molar-refractivity contribution in [3.8, 4) is 0 Å². The highest BCUT2D eigenvalue weighted by molar-refractivity contribution is 6.09. The van der Waals surface area contributed by atoms with Crippen molar-refractivity contribution in [1.82, 2.24) is 10.2 Å². The number of rotatable bonds is 4. The Morgan fingerprint density at radius 2 is 2.17 bits per heavy atom. The van der Waals surface area contributed by atoms with Crippen LogP contribution in [-0.4, -0.2) is 42.4 Å². The van der Waals surface area contributed by atoms with E-state index in [1.807, 2.05) is 6.92 Å². The fraction of sp³-hybridized carbons (Fsp3) is 0.562. The maximum absolute atomic E-state index is 12.6. The Kier molecular flexibility index (Phi) is 3.75. The van der Waals surface area contributed by atoms with E-state index in [0.29, 0.717) is 18.6 Å². The minimum absolute atomic E-state index is 0.296. The molecule has 2 aliphatic heterocycles. The summed E-state index contributed by atoms with van der Waals surface area (Å²) in [6.45, 7) is 1.92. The molecule has 0 radical (unpaired) electrons. The van der Waals surface area contributed by atoms with E-state index < -0.39 is 29.4 Å². The zero-order valence-corrected chi connectivity index (χ0v) is 13.4. The van der Waals surface area contributed by atoms with Gasteiger partial charge in [-0.2, -0.15) is 0 Å². The first-order chi connectivity index (χ1) is 11.0. The van der Waals surface area contributed by atoms with Crippen LogP contribution in [0.15, 0.2) is 22.8 Å². The first kappa shape index (κ1) is 15.7. The minimum atomic E-state index is -1.21. The Hall–Kier alpha value is -2.15. The van der Waals surface area contributed by atoms with Gasteiger partial charge in [0.2, 0.25) is 11.8 Å². The van der Waals surface area contributed by atoms with Crippen molar-refractivity contribution in [3.63, 3.8) is 0 Å². The van der Waals surface area contributed by atoms with Gasteiger partial charge in [-0.1, -0.05) is 13.3 Å². The van der Waals surface area contributed by atoms with Gasteiger partial charge in [0.05, 0.1) is 31.3 Å². The maximum Gasteiger partial charge on any atom is 0.326 e. The lowest BCUT2D eigenvalue weighted by atomic mass is 9.77. The van der Waals surface area contributed by atoms with Crippen LogP contribution in [-0.2, 0) is 19.1 Å². The van der Waals surface area contributed by atoms with Gasteiger partial charge in [-0.25, -0.2) is 0 Å². The molecule has 0 bridgehead atoms. The van der Waals surface area contributed by atoms with Gasteiger partial charge in [0, 0.05) is 7.05 Å². The summed E-state index contributed by atoms with van der Waals surface area (Å²) >= 11 is 0. The molecule has 3 rings (SSSR count). The highest BCUT2D eigenvalue weighted by atomic mass is 16.5. The van der Waals surface area contributed by atoms with Gasteiger partial charge in [-0.3, -0.25) is 24.6 Å². The molecule has 23 heavy (non-hydrogen) atoms. The highest BCUT2D eigenvalue weighted by Gasteiger charge is 2.68. The summed E-state index contributed by atoms with van der Waals surface area (Å²) in [5, 5.41) is 3.21. The Balaban J connectivity index is 2.13. The van der Waals surface area contributed by atoms with E-state index in [2.05, 4.69) is 5.32 Å². The molecule has 0 aliphatic carbocycles. The second kappa shape index (κ2) is 5.49. The number of esters is 1. The molecule has 0 saturated carbocycles. The number of amides is 2. The van der Waals surface area contributed by atoms with Gasteiger partial charge >= 0.3 is 5.97 Å². The average molecular weight is 320 g/mol. The van der Waals surface area contributed by atoms with Gasteiger partial charge in [0.15, 0.2) is 0 Å². The number of ether oxygens (including phenoxy) is 1. The molecule has 2 aliphatic rings. The minimum Gasteiger partial charge on any atom is -0.468 e. The van der Waals surface area contributed by atoms with E-state index in [-0.39, 0.29) is 11.8 Å². The Labute approximate surface area is 134 Å². The van der Waals surface area contributed by atoms with Crippen molar-refractivity contribution < 1.29 is 23.5 Å². The van der Waals surface area contributed by atoms with Crippen LogP contribution >= 0.6 is 0 Å². The molecule has 124 valence electrons. The lowest BCUT2D eigenvalue weighted by Gasteiger charge is -2.31. The zero-order valence-electron chi connectivity index (χ0n) is 13.4. The monoisotopic (exact) mass is 320 g/mol. The molecular weight excluding hydrogens is 300 g/mol. The van der Waals surface area contributed by atoms with E-state index in [0.717, 1.165) is 4.90 Å². The molecular formula is C16H20N2O5. The number of imide groups is 1. The number of methoxy groups -OCH3 is 1. The molecule has 2 amide bonds. The molecule has 2 fully saturated rings. The first-order valence-corrected chi connectivity index (χ1v) is 7.69. The van der Waals surface area contributed by atoms with Crippen LogP contribution in [0.5, 0.6) is 0 Å². The largest absolute Gasteiger partial charge is 0.468 e. The lowest BCUT2D eigenvalue weighted by molar-refractivity contribution is -0.154. The third kappa shape index (κ3) is 2.03. The van der Waals surface area contributed by atoms with Crippen molar-refractivity contribution in [1.29, 1.82) is 0 Å². The van der Waals surface area contributed by atoms with Crippen molar-refractivity contribution >= 4 is 17.8 Å². The lowest BCUT2D eigenvalue weighted by Crippen LogP contribution is -2.55. The van der Waals surface area contributed by atoms with Crippen LogP contribution in [0.2, 0.25) is 0 Å². The highest BCUT2D eigenvalue weighted by Crippen LogP contribution is 2.50. The summed E-state index contributed by atoms with van der Waals surface area (Å²) in [6.07, 6.45) is 2.58. The van der Waals surface area contributed by atoms with Crippen molar-refractivity contribution in [2.45, 2.75) is 31.3 Å². The van der Waals surface area contributed by atoms with Crippen LogP contribution in [0, 0.1) is 11.8 Å². The maximum atomic E-state index is 12.6. The zero-order chi connectivity index (χ0) is 16.8. The molecule has 7 nitrogen and oxygen atoms in total. The molecule has 4 atom stereocenters. The topological polar surface area (TPSA) is 88.8 Å². The summed E-state index contributed by atoms with van der Waals surface area (Å²) in [5.41, 5.74) is -1.21. The molecule has 7 heteroatoms. The number of carbonyl (C=O) groups is 3. The number of furan rings is 1. The van der Waals surface area contributed by atoms with Crippen molar-refractivity contribution in [3.05, 3.63) is 24.2 Å². The summed E-state index contributed by atoms with van der Waals surface area (Å²) in [5.74, 6) is -2.05. The quantitative estimate of drug-likeness (QED) is 0.654. The SMILES string of the molecule is CCC[C@@]1(C(=O)OC)N[C@@H](c2ccco2)[C@H]2C(=O)N(C)C(=O)[C@@H]21. The third-order valence-corrected chi connectivity index (χ3v) is 4.92. The summed E-state index contributed by atoms with van der Waals surface area (Å²) in [7, 11) is 2.75. The molecule has 3 heterocycles. The smallest absolute Gasteiger partial charge is 0.326 e. The van der Waals surface area contributed by atoms with Gasteiger partial charge in [-0.05, 0) is 18.6 Å². The van der Waals surface area contributed by atoms with Gasteiger partial charge in [-0.15, -0.1) is 0 Å². The number of carbonyl (C=O) groups excluding carboxylic acids is 3. The van der Waals surface area contributed by atoms with Gasteiger partial charge < -0.3 is 9.15 Å². The van der Waals surface area contributed by atoms with E-state index in [9.17, 15) is 14.4 Å². The predicted octanol–water partition coefficient (Wildman–Crippen LogP) is 0.867. The number of nitrogens with one attached hydrogen (secondary N) is 1. The van der Waals surface area contributed by atoms with Crippen LogP contribution < -0.4 is 5.32 Å². The van der Waals surface area contributed by atoms with Gasteiger partial charge in [0.25, 0.3) is 0 Å². The van der Waals surface area contributed by atoms with Crippen LogP contribution in [0.1, 0.15) is 31.6 Å². The number of hydrogen-bond donors (Lipinski definition) is 1. The molecule has 1 aromatic heterocycles. The molecule has 1 aromatic rings. The molecule has 0 aromatic carbocycles. The van der Waals surface area contributed by atoms with Crippen molar-refractivity contribution in [2.75, 3.05) is 14.2 Å². The molecule has 1 N–H and O–H groups in total. The second-order valence-electron chi connectivity index (χ2n) is 6.09. The molecule has 0 spiro atoms. The Morgan fingerprint density at radius 3 is 2.74 bits per heavy atom. The number of nitrogens with zero attached hydrogens (tertiary/aromatic N) is 1. The van der Waals surface area contributed by atoms with E-state index in [1.54, 1.807) is 12.1 Å². The Bertz CT molecular complexity index is 641. The van der Waals surface area contributed by atoms with Crippen molar-refractivity contribution in [2.24, 2.45) is 11.8 Å². The van der Waals surface area contributed by atoms with E-state index in [1.165, 1.54) is 20.4 Å². The summed E-state index contributed by atoms with van der Waals surface area (Å²) in [6, 6.07) is 2.93. The normalized spacial score (nSPS) is 33.2. The van der Waals surface area contributed by atoms with E-state index in [4.69, 9.17) is 9.15 Å². The standard InChI is InChI=1S/C16H20N2O5/c1-4-7-16(15(21)22-3)11-10(13(19)18(2)14(11)20)12(17-16)9-6-5-8-23-9/h5-6,8,10-12,17H,4,7H2,1-3H3/t10-,11+,12-,16+/m0/s1. The van der Waals surface area contributed by atoms with Crippen LogP contribution in [0.25, 0.3) is 0 Å². The number of likely N-dealkylation sites (tertiary alicyclic amines) is 1. The van der Waals surface area contributed by atoms with Gasteiger partial charge in [0.1, 0.15) is 11.3 Å². The summed E-state index contributed by atoms with van der Waals surface area (Å²) < 4.78 is 10.4. The fourth-order valence-electron chi connectivity index (χ4n) is 3.95. The number of hydrogen-bond acceptors (Lipinski definition) is 6. The molecule has 0 unspecified atom stereocenters. The predicted molar refractivity (Wildman–Crippen MR) is 79.0 cm³/mol. The van der Waals surface area contributed by atoms with E-state index >= 15 is 0 Å². The molecule has 2 saturated heterocycles. The van der Waals surface area contributed by atoms with Crippen LogP contribution in [0.3, 0.4) is 0 Å². The summed E-state index contributed by atoms with van der Waals surface area (Å²) in [4.78, 5) is 38.9. The Morgan fingerprint density at radius 1 is 1.43 bits per heavy atom. The second-order valence-corrected chi connectivity index (χ2v) is 6.09. The first-order valence-electron chi connectivity index (χ1n) is 7.69. The third-order valence-electron chi connectivity index (χ3n) is 4.92. The number of fused-ring (bicyclic) bond motifs is 1. The fourth-order valence-corrected chi connectivity index (χ4v) is 3.95.